The molecule has 0 aliphatic rings. The minimum Gasteiger partial charge on any atom is -0.462 e. The van der Waals surface area contributed by atoms with Crippen molar-refractivity contribution >= 4 is 23.5 Å². The molecule has 1 amide bonds. The first-order valence-corrected chi connectivity index (χ1v) is 8.80. The molecule has 1 heterocycles. The first-order chi connectivity index (χ1) is 13.0. The lowest BCUT2D eigenvalue weighted by Crippen LogP contribution is -2.19. The fourth-order valence-electron chi connectivity index (χ4n) is 2.33. The van der Waals surface area contributed by atoms with Gasteiger partial charge in [-0.25, -0.2) is 14.8 Å². The number of rotatable bonds is 9. The van der Waals surface area contributed by atoms with Gasteiger partial charge in [0.15, 0.2) is 0 Å². The number of hydrogen-bond acceptors (Lipinski definition) is 7. The van der Waals surface area contributed by atoms with E-state index in [0.717, 1.165) is 13.0 Å². The predicted molar refractivity (Wildman–Crippen MR) is 104 cm³/mol. The molecule has 1 aromatic carbocycles. The maximum Gasteiger partial charge on any atom is 0.340 e. The van der Waals surface area contributed by atoms with E-state index >= 15 is 0 Å². The van der Waals surface area contributed by atoms with Gasteiger partial charge in [0.25, 0.3) is 5.91 Å². The number of para-hydroxylation sites is 1. The summed E-state index contributed by atoms with van der Waals surface area (Å²) >= 11 is 0. The summed E-state index contributed by atoms with van der Waals surface area (Å²) in [6.45, 7) is 3.63. The number of benzene rings is 1. The van der Waals surface area contributed by atoms with Crippen LogP contribution in [0.4, 0.5) is 11.6 Å². The molecule has 0 aliphatic heterocycles. The van der Waals surface area contributed by atoms with Crippen molar-refractivity contribution in [1.82, 2.24) is 14.9 Å². The van der Waals surface area contributed by atoms with E-state index in [-0.39, 0.29) is 12.3 Å². The second kappa shape index (κ2) is 10.2. The zero-order valence-corrected chi connectivity index (χ0v) is 15.9. The van der Waals surface area contributed by atoms with E-state index < -0.39 is 11.9 Å². The molecule has 0 spiro atoms. The number of nitrogens with one attached hydrogen (secondary N) is 2. The zero-order valence-electron chi connectivity index (χ0n) is 15.9. The molecule has 8 nitrogen and oxygen atoms in total. The molecule has 0 fully saturated rings. The minimum absolute atomic E-state index is 0.207. The number of anilines is 2. The normalized spacial score (nSPS) is 10.5. The van der Waals surface area contributed by atoms with E-state index in [4.69, 9.17) is 4.74 Å². The standard InChI is InChI=1S/C19H25N5O3/c1-4-27-18(26)14-8-5-6-9-15(14)22-17(25)16-10-12-21-19(23-16)20-11-7-13-24(2)3/h5-6,8-10,12H,4,7,11,13H2,1-3H3,(H,22,25)(H,20,21,23). The van der Waals surface area contributed by atoms with E-state index in [1.165, 1.54) is 12.3 Å². The summed E-state index contributed by atoms with van der Waals surface area (Å²) in [6.07, 6.45) is 2.45. The Hall–Kier alpha value is -3.00. The molecule has 0 saturated heterocycles. The van der Waals surface area contributed by atoms with E-state index in [2.05, 4.69) is 25.5 Å². The van der Waals surface area contributed by atoms with Crippen LogP contribution in [-0.4, -0.2) is 60.5 Å². The average molecular weight is 371 g/mol. The first-order valence-electron chi connectivity index (χ1n) is 8.80. The lowest BCUT2D eigenvalue weighted by atomic mass is 10.1. The van der Waals surface area contributed by atoms with Crippen LogP contribution < -0.4 is 10.6 Å². The maximum absolute atomic E-state index is 12.5. The first kappa shape index (κ1) is 20.3. The molecule has 2 N–H and O–H groups in total. The van der Waals surface area contributed by atoms with Crippen LogP contribution in [0.25, 0.3) is 0 Å². The van der Waals surface area contributed by atoms with Crippen LogP contribution in [-0.2, 0) is 4.74 Å². The van der Waals surface area contributed by atoms with Crippen LogP contribution >= 0.6 is 0 Å². The molecule has 0 bridgehead atoms. The van der Waals surface area contributed by atoms with Gasteiger partial charge in [-0.1, -0.05) is 12.1 Å². The summed E-state index contributed by atoms with van der Waals surface area (Å²) < 4.78 is 5.02. The zero-order chi connectivity index (χ0) is 19.6. The molecule has 2 rings (SSSR count). The molecule has 1 aromatic heterocycles. The highest BCUT2D eigenvalue weighted by Gasteiger charge is 2.16. The average Bonchev–Trinajstić information content (AvgIpc) is 2.66. The molecule has 27 heavy (non-hydrogen) atoms. The van der Waals surface area contributed by atoms with Crippen molar-refractivity contribution in [3.8, 4) is 0 Å². The number of ether oxygens (including phenoxy) is 1. The Morgan fingerprint density at radius 3 is 2.70 bits per heavy atom. The second-order valence-corrected chi connectivity index (χ2v) is 6.07. The number of amides is 1. The third kappa shape index (κ3) is 6.34. The fraction of sp³-hybridized carbons (Fsp3) is 0.368. The number of carbonyl (C=O) groups is 2. The van der Waals surface area contributed by atoms with Gasteiger partial charge in [-0.3, -0.25) is 4.79 Å². The summed E-state index contributed by atoms with van der Waals surface area (Å²) in [5.41, 5.74) is 0.877. The van der Waals surface area contributed by atoms with Gasteiger partial charge in [-0.05, 0) is 52.2 Å². The van der Waals surface area contributed by atoms with Gasteiger partial charge in [-0.2, -0.15) is 0 Å². The van der Waals surface area contributed by atoms with Crippen molar-refractivity contribution in [2.75, 3.05) is 44.4 Å². The van der Waals surface area contributed by atoms with Crippen molar-refractivity contribution in [3.63, 3.8) is 0 Å². The van der Waals surface area contributed by atoms with E-state index in [9.17, 15) is 9.59 Å². The van der Waals surface area contributed by atoms with Crippen LogP contribution in [0.15, 0.2) is 36.5 Å². The van der Waals surface area contributed by atoms with Crippen LogP contribution in [0.1, 0.15) is 34.2 Å². The molecule has 0 unspecified atom stereocenters. The highest BCUT2D eigenvalue weighted by molar-refractivity contribution is 6.07. The molecule has 2 aromatic rings. The van der Waals surface area contributed by atoms with Crippen LogP contribution in [0.3, 0.4) is 0 Å². The number of aromatic nitrogens is 2. The highest BCUT2D eigenvalue weighted by atomic mass is 16.5. The summed E-state index contributed by atoms with van der Waals surface area (Å²) in [6, 6.07) is 8.21. The molecular weight excluding hydrogens is 346 g/mol. The van der Waals surface area contributed by atoms with Crippen molar-refractivity contribution in [2.24, 2.45) is 0 Å². The lowest BCUT2D eigenvalue weighted by molar-refractivity contribution is 0.0527. The fourth-order valence-corrected chi connectivity index (χ4v) is 2.33. The Morgan fingerprint density at radius 1 is 1.19 bits per heavy atom. The number of nitrogens with zero attached hydrogens (tertiary/aromatic N) is 3. The molecular formula is C19H25N5O3. The van der Waals surface area contributed by atoms with Gasteiger partial charge in [0.2, 0.25) is 5.95 Å². The summed E-state index contributed by atoms with van der Waals surface area (Å²) in [4.78, 5) is 35.0. The summed E-state index contributed by atoms with van der Waals surface area (Å²) in [7, 11) is 4.02. The van der Waals surface area contributed by atoms with Crippen molar-refractivity contribution in [2.45, 2.75) is 13.3 Å². The SMILES string of the molecule is CCOC(=O)c1ccccc1NC(=O)c1ccnc(NCCCN(C)C)n1. The molecule has 144 valence electrons. The minimum atomic E-state index is -0.487. The molecule has 0 saturated carbocycles. The van der Waals surface area contributed by atoms with Crippen LogP contribution in [0.2, 0.25) is 0 Å². The van der Waals surface area contributed by atoms with Crippen molar-refractivity contribution in [1.29, 1.82) is 0 Å². The van der Waals surface area contributed by atoms with Crippen molar-refractivity contribution < 1.29 is 14.3 Å². The quantitative estimate of drug-likeness (QED) is 0.515. The molecule has 0 aliphatic carbocycles. The third-order valence-corrected chi connectivity index (χ3v) is 3.62. The molecule has 0 radical (unpaired) electrons. The lowest BCUT2D eigenvalue weighted by Gasteiger charge is -2.11. The number of hydrogen-bond donors (Lipinski definition) is 2. The Labute approximate surface area is 159 Å². The second-order valence-electron chi connectivity index (χ2n) is 6.07. The van der Waals surface area contributed by atoms with E-state index in [1.807, 2.05) is 14.1 Å². The number of esters is 1. The Bertz CT molecular complexity index is 779. The smallest absolute Gasteiger partial charge is 0.340 e. The monoisotopic (exact) mass is 371 g/mol. The Balaban J connectivity index is 2.04. The van der Waals surface area contributed by atoms with E-state index in [0.29, 0.717) is 23.7 Å². The highest BCUT2D eigenvalue weighted by Crippen LogP contribution is 2.17. The van der Waals surface area contributed by atoms with Crippen LogP contribution in [0, 0.1) is 0 Å². The van der Waals surface area contributed by atoms with Gasteiger partial charge in [-0.15, -0.1) is 0 Å². The number of carbonyl (C=O) groups excluding carboxylic acids is 2. The summed E-state index contributed by atoms with van der Waals surface area (Å²) in [5.74, 6) is -0.523. The Kier molecular flexibility index (Phi) is 7.69. The van der Waals surface area contributed by atoms with Gasteiger partial charge in [0, 0.05) is 12.7 Å². The molecule has 0 atom stereocenters. The van der Waals surface area contributed by atoms with Crippen LogP contribution in [0.5, 0.6) is 0 Å². The largest absolute Gasteiger partial charge is 0.462 e. The summed E-state index contributed by atoms with van der Waals surface area (Å²) in [5, 5.41) is 5.81. The van der Waals surface area contributed by atoms with Gasteiger partial charge in [0.1, 0.15) is 5.69 Å². The van der Waals surface area contributed by atoms with Gasteiger partial charge < -0.3 is 20.3 Å². The van der Waals surface area contributed by atoms with Crippen molar-refractivity contribution in [3.05, 3.63) is 47.8 Å². The van der Waals surface area contributed by atoms with Gasteiger partial charge in [0.05, 0.1) is 17.9 Å². The topological polar surface area (TPSA) is 96.4 Å². The molecule has 8 heteroatoms. The Morgan fingerprint density at radius 2 is 1.96 bits per heavy atom. The van der Waals surface area contributed by atoms with E-state index in [1.54, 1.807) is 31.2 Å². The predicted octanol–water partition coefficient (Wildman–Crippen LogP) is 2.27. The van der Waals surface area contributed by atoms with Gasteiger partial charge >= 0.3 is 5.97 Å². The maximum atomic E-state index is 12.5. The third-order valence-electron chi connectivity index (χ3n) is 3.62.